The molecule has 0 aromatic carbocycles. The van der Waals surface area contributed by atoms with Gasteiger partial charge in [0.15, 0.2) is 0 Å². The van der Waals surface area contributed by atoms with Crippen LogP contribution in [-0.2, 0) is 9.59 Å². The highest BCUT2D eigenvalue weighted by Gasteiger charge is 2.47. The van der Waals surface area contributed by atoms with Crippen molar-refractivity contribution in [3.05, 3.63) is 0 Å². The molecule has 2 saturated carbocycles. The Hall–Kier alpha value is -1.28. The van der Waals surface area contributed by atoms with E-state index in [1.54, 1.807) is 0 Å². The number of rotatable bonds is 4. The van der Waals surface area contributed by atoms with Gasteiger partial charge < -0.3 is 15.5 Å². The summed E-state index contributed by atoms with van der Waals surface area (Å²) in [4.78, 5) is 29.4. The molecule has 180 valence electrons. The molecule has 3 saturated heterocycles. The van der Waals surface area contributed by atoms with Gasteiger partial charge in [0, 0.05) is 56.1 Å². The normalized spacial score (nSPS) is 45.3. The monoisotopic (exact) mass is 452 g/mol. The van der Waals surface area contributed by atoms with Gasteiger partial charge >= 0.3 is 0 Å². The maximum atomic E-state index is 14.7. The van der Waals surface area contributed by atoms with Crippen LogP contribution in [0.25, 0.3) is 0 Å². The molecule has 32 heavy (non-hydrogen) atoms. The number of hydrogen-bond donors (Lipinski definition) is 2. The minimum absolute atomic E-state index is 0.0670. The van der Waals surface area contributed by atoms with Gasteiger partial charge in [0.05, 0.1) is 6.04 Å². The van der Waals surface area contributed by atoms with Crippen molar-refractivity contribution in [1.82, 2.24) is 20.4 Å². The second-order valence-corrected chi connectivity index (χ2v) is 11.0. The van der Waals surface area contributed by atoms with E-state index in [0.29, 0.717) is 38.0 Å². The van der Waals surface area contributed by atoms with Gasteiger partial charge in [0.2, 0.25) is 11.8 Å². The quantitative estimate of drug-likeness (QED) is 0.686. The van der Waals surface area contributed by atoms with Crippen molar-refractivity contribution in [1.29, 1.82) is 0 Å². The smallest absolute Gasteiger partial charge is 0.237 e. The van der Waals surface area contributed by atoms with E-state index in [1.807, 2.05) is 4.90 Å². The highest BCUT2D eigenvalue weighted by atomic mass is 19.1. The van der Waals surface area contributed by atoms with Gasteiger partial charge in [0.25, 0.3) is 0 Å². The van der Waals surface area contributed by atoms with E-state index in [9.17, 15) is 18.4 Å². The van der Waals surface area contributed by atoms with Crippen molar-refractivity contribution in [2.24, 2.45) is 11.8 Å². The van der Waals surface area contributed by atoms with Crippen LogP contribution in [0.3, 0.4) is 0 Å². The van der Waals surface area contributed by atoms with E-state index in [1.165, 1.54) is 0 Å². The molecule has 9 atom stereocenters. The Morgan fingerprint density at radius 2 is 1.91 bits per heavy atom. The summed E-state index contributed by atoms with van der Waals surface area (Å²) in [6.45, 7) is 4.68. The Kier molecular flexibility index (Phi) is 6.45. The first-order valence-electron chi connectivity index (χ1n) is 12.8. The molecule has 3 aliphatic heterocycles. The Morgan fingerprint density at radius 3 is 2.66 bits per heavy atom. The number of fused-ring (bicyclic) bond motifs is 1. The summed E-state index contributed by atoms with van der Waals surface area (Å²) >= 11 is 0. The molecule has 2 N–H and O–H groups in total. The fraction of sp³-hybridized carbons (Fsp3) is 0.917. The van der Waals surface area contributed by atoms with Crippen molar-refractivity contribution in [2.45, 2.75) is 107 Å². The zero-order chi connectivity index (χ0) is 22.4. The molecular formula is C24H38F2N4O2. The van der Waals surface area contributed by atoms with E-state index < -0.39 is 12.3 Å². The third-order valence-corrected chi connectivity index (χ3v) is 8.89. The number of carbonyl (C=O) groups excluding carboxylic acids is 2. The minimum Gasteiger partial charge on any atom is -0.352 e. The fourth-order valence-corrected chi connectivity index (χ4v) is 7.15. The molecule has 0 aromatic rings. The average molecular weight is 453 g/mol. The molecule has 0 spiro atoms. The zero-order valence-corrected chi connectivity index (χ0v) is 19.1. The van der Waals surface area contributed by atoms with Gasteiger partial charge in [-0.1, -0.05) is 6.92 Å². The molecule has 5 fully saturated rings. The molecule has 2 amide bonds. The second-order valence-electron chi connectivity index (χ2n) is 11.0. The second kappa shape index (κ2) is 9.16. The van der Waals surface area contributed by atoms with Gasteiger partial charge in [-0.05, 0) is 57.3 Å². The molecule has 2 aliphatic carbocycles. The van der Waals surface area contributed by atoms with Gasteiger partial charge in [-0.15, -0.1) is 0 Å². The first kappa shape index (κ1) is 22.5. The lowest BCUT2D eigenvalue weighted by atomic mass is 9.77. The minimum atomic E-state index is -0.930. The molecular weight excluding hydrogens is 414 g/mol. The summed E-state index contributed by atoms with van der Waals surface area (Å²) in [5.74, 6) is 0.448. The summed E-state index contributed by atoms with van der Waals surface area (Å²) < 4.78 is 29.1. The summed E-state index contributed by atoms with van der Waals surface area (Å²) in [5.41, 5.74) is 0. The molecule has 5 aliphatic rings. The summed E-state index contributed by atoms with van der Waals surface area (Å²) in [6, 6.07) is -0.149. The van der Waals surface area contributed by atoms with Crippen LogP contribution in [0, 0.1) is 11.8 Å². The number of hydrogen-bond acceptors (Lipinski definition) is 4. The van der Waals surface area contributed by atoms with E-state index in [4.69, 9.17) is 0 Å². The van der Waals surface area contributed by atoms with Crippen molar-refractivity contribution >= 4 is 11.8 Å². The molecule has 8 heteroatoms. The number of halogens is 2. The molecule has 8 unspecified atom stereocenters. The van der Waals surface area contributed by atoms with Crippen molar-refractivity contribution in [2.75, 3.05) is 19.6 Å². The maximum absolute atomic E-state index is 14.7. The molecule has 6 nitrogen and oxygen atoms in total. The van der Waals surface area contributed by atoms with Crippen LogP contribution in [0.15, 0.2) is 0 Å². The van der Waals surface area contributed by atoms with E-state index >= 15 is 0 Å². The number of carbonyl (C=O) groups is 2. The predicted octanol–water partition coefficient (Wildman–Crippen LogP) is 2.17. The SMILES string of the molecule is CC1CCC(F)C2CC(C(=O)NC3CC(F)CC(N4CC[C@H](N5CCCC5=O)C4)C3)NC12. The molecule has 0 aromatic heterocycles. The average Bonchev–Trinajstić information content (AvgIpc) is 3.49. The number of nitrogens with zero attached hydrogens (tertiary/aromatic N) is 2. The topological polar surface area (TPSA) is 64.7 Å². The summed E-state index contributed by atoms with van der Waals surface area (Å²) in [5, 5.41) is 6.49. The van der Waals surface area contributed by atoms with Gasteiger partial charge in [-0.3, -0.25) is 14.5 Å². The highest BCUT2D eigenvalue weighted by Crippen LogP contribution is 2.39. The van der Waals surface area contributed by atoms with Crippen LogP contribution in [0.1, 0.15) is 64.7 Å². The van der Waals surface area contributed by atoms with Crippen molar-refractivity contribution < 1.29 is 18.4 Å². The molecule has 0 bridgehead atoms. The molecule has 5 rings (SSSR count). The number of likely N-dealkylation sites (tertiary alicyclic amines) is 2. The van der Waals surface area contributed by atoms with Crippen molar-refractivity contribution in [3.8, 4) is 0 Å². The third kappa shape index (κ3) is 4.41. The molecule has 3 heterocycles. The summed E-state index contributed by atoms with van der Waals surface area (Å²) in [6.07, 6.45) is 4.37. The van der Waals surface area contributed by atoms with E-state index in [2.05, 4.69) is 22.5 Å². The van der Waals surface area contributed by atoms with Crippen LogP contribution in [-0.4, -0.2) is 83.8 Å². The highest BCUT2D eigenvalue weighted by molar-refractivity contribution is 5.82. The van der Waals surface area contributed by atoms with Crippen LogP contribution < -0.4 is 10.6 Å². The van der Waals surface area contributed by atoms with E-state index in [-0.39, 0.29) is 47.9 Å². The predicted molar refractivity (Wildman–Crippen MR) is 118 cm³/mol. The van der Waals surface area contributed by atoms with Gasteiger partial charge in [-0.25, -0.2) is 8.78 Å². The largest absolute Gasteiger partial charge is 0.352 e. The van der Waals surface area contributed by atoms with Gasteiger partial charge in [-0.2, -0.15) is 0 Å². The third-order valence-electron chi connectivity index (χ3n) is 8.89. The number of nitrogens with one attached hydrogen (secondary N) is 2. The van der Waals surface area contributed by atoms with Crippen molar-refractivity contribution in [3.63, 3.8) is 0 Å². The van der Waals surface area contributed by atoms with Gasteiger partial charge in [0.1, 0.15) is 12.3 Å². The van der Waals surface area contributed by atoms with E-state index in [0.717, 1.165) is 45.3 Å². The first-order chi connectivity index (χ1) is 15.4. The summed E-state index contributed by atoms with van der Waals surface area (Å²) in [7, 11) is 0. The van der Waals surface area contributed by atoms with Crippen LogP contribution in [0.4, 0.5) is 8.78 Å². The van der Waals surface area contributed by atoms with Crippen LogP contribution in [0.5, 0.6) is 0 Å². The number of amides is 2. The lowest BCUT2D eigenvalue weighted by Gasteiger charge is -2.38. The zero-order valence-electron chi connectivity index (χ0n) is 19.1. The fourth-order valence-electron chi connectivity index (χ4n) is 7.15. The Morgan fingerprint density at radius 1 is 1.06 bits per heavy atom. The molecule has 0 radical (unpaired) electrons. The van der Waals surface area contributed by atoms with Crippen LogP contribution >= 0.6 is 0 Å². The Labute approximate surface area is 189 Å². The van der Waals surface area contributed by atoms with Crippen LogP contribution in [0.2, 0.25) is 0 Å². The Bertz CT molecular complexity index is 706. The standard InChI is InChI=1S/C24H38F2N4O2/c1-14-4-5-20(26)19-12-21(28-23(14)19)24(32)27-16-9-15(25)10-18(11-16)29-8-6-17(13-29)30-7-2-3-22(30)31/h14-21,23,28H,2-13H2,1H3,(H,27,32)/t14?,15?,16?,17-,18?,19?,20?,21?,23?/m0/s1. The first-order valence-corrected chi connectivity index (χ1v) is 12.8. The maximum Gasteiger partial charge on any atom is 0.237 e. The lowest BCUT2D eigenvalue weighted by molar-refractivity contribution is -0.129. The lowest BCUT2D eigenvalue weighted by Crippen LogP contribution is -2.53. The Balaban J connectivity index is 1.16. The number of alkyl halides is 2.